The largest absolute Gasteiger partial charge is 0.340 e. The van der Waals surface area contributed by atoms with Crippen LogP contribution in [0.25, 0.3) is 10.9 Å². The van der Waals surface area contributed by atoms with Gasteiger partial charge in [-0.15, -0.1) is 0 Å². The van der Waals surface area contributed by atoms with Gasteiger partial charge in [0, 0.05) is 13.6 Å². The number of nitrogens with zero attached hydrogens (tertiary/aromatic N) is 4. The molecule has 170 valence electrons. The first kappa shape index (κ1) is 22.9. The van der Waals surface area contributed by atoms with Crippen LogP contribution in [-0.4, -0.2) is 40.5 Å². The molecule has 1 aromatic heterocycles. The summed E-state index contributed by atoms with van der Waals surface area (Å²) < 4.78 is 15.9. The lowest BCUT2D eigenvalue weighted by Crippen LogP contribution is -2.34. The van der Waals surface area contributed by atoms with Gasteiger partial charge in [0.15, 0.2) is 0 Å². The van der Waals surface area contributed by atoms with E-state index in [-0.39, 0.29) is 35.8 Å². The molecule has 0 aliphatic carbocycles. The number of rotatable bonds is 5. The Kier molecular flexibility index (Phi) is 6.72. The van der Waals surface area contributed by atoms with Crippen molar-refractivity contribution < 1.29 is 9.18 Å². The molecule has 0 radical (unpaired) electrons. The van der Waals surface area contributed by atoms with Gasteiger partial charge in [0.1, 0.15) is 23.9 Å². The second-order valence-electron chi connectivity index (χ2n) is 8.28. The monoisotopic (exact) mass is 467 g/mol. The molecule has 1 fully saturated rings. The maximum absolute atomic E-state index is 14.7. The lowest BCUT2D eigenvalue weighted by Gasteiger charge is -2.23. The highest BCUT2D eigenvalue weighted by Crippen LogP contribution is 2.28. The van der Waals surface area contributed by atoms with Crippen molar-refractivity contribution in [2.45, 2.75) is 31.8 Å². The van der Waals surface area contributed by atoms with Crippen LogP contribution in [0.3, 0.4) is 0 Å². The number of hydrogen-bond donors (Lipinski definition) is 1. The third-order valence-corrected chi connectivity index (χ3v) is 6.33. The number of nitrogens with one attached hydrogen (secondary N) is 1. The van der Waals surface area contributed by atoms with E-state index in [1.165, 1.54) is 21.9 Å². The number of carbonyl (C=O) groups is 1. The van der Waals surface area contributed by atoms with Gasteiger partial charge in [-0.25, -0.2) is 9.37 Å². The van der Waals surface area contributed by atoms with Gasteiger partial charge >= 0.3 is 0 Å². The molecule has 1 N–H and O–H groups in total. The van der Waals surface area contributed by atoms with Crippen molar-refractivity contribution in [3.8, 4) is 6.07 Å². The standard InChI is InChI=1S/C24H23ClFN5O2/c1-30(12-15-2-3-17(11-27)20(25)8-15)22(32)13-31-14-29-23-19(24(31)33)9-18(10-21(23)26)16-4-6-28-7-5-16/h2-3,8-10,14,16,28H,4-7,12-13H2,1H3. The number of benzene rings is 2. The summed E-state index contributed by atoms with van der Waals surface area (Å²) in [5.41, 5.74) is 1.48. The predicted molar refractivity (Wildman–Crippen MR) is 123 cm³/mol. The van der Waals surface area contributed by atoms with Crippen LogP contribution < -0.4 is 10.9 Å². The molecular weight excluding hydrogens is 445 g/mol. The van der Waals surface area contributed by atoms with Crippen molar-refractivity contribution in [2.24, 2.45) is 0 Å². The van der Waals surface area contributed by atoms with E-state index in [2.05, 4.69) is 10.3 Å². The lowest BCUT2D eigenvalue weighted by atomic mass is 9.89. The minimum Gasteiger partial charge on any atom is -0.340 e. The highest BCUT2D eigenvalue weighted by Gasteiger charge is 2.20. The average Bonchev–Trinajstić information content (AvgIpc) is 2.81. The zero-order chi connectivity index (χ0) is 23.5. The van der Waals surface area contributed by atoms with E-state index in [0.717, 1.165) is 37.1 Å². The van der Waals surface area contributed by atoms with Gasteiger partial charge < -0.3 is 10.2 Å². The van der Waals surface area contributed by atoms with Crippen molar-refractivity contribution in [2.75, 3.05) is 20.1 Å². The highest BCUT2D eigenvalue weighted by atomic mass is 35.5. The molecule has 3 aromatic rings. The summed E-state index contributed by atoms with van der Waals surface area (Å²) in [4.78, 5) is 31.4. The van der Waals surface area contributed by atoms with E-state index in [0.29, 0.717) is 10.6 Å². The van der Waals surface area contributed by atoms with E-state index in [1.54, 1.807) is 31.3 Å². The van der Waals surface area contributed by atoms with Crippen molar-refractivity contribution in [1.29, 1.82) is 5.26 Å². The molecule has 0 unspecified atom stereocenters. The summed E-state index contributed by atoms with van der Waals surface area (Å²) in [6.45, 7) is 1.75. The summed E-state index contributed by atoms with van der Waals surface area (Å²) in [5, 5.41) is 12.8. The summed E-state index contributed by atoms with van der Waals surface area (Å²) in [6, 6.07) is 10.1. The third kappa shape index (κ3) is 4.90. The Balaban J connectivity index is 1.55. The second-order valence-corrected chi connectivity index (χ2v) is 8.68. The van der Waals surface area contributed by atoms with Crippen molar-refractivity contribution in [3.05, 3.63) is 74.5 Å². The van der Waals surface area contributed by atoms with Crippen molar-refractivity contribution in [1.82, 2.24) is 19.8 Å². The maximum Gasteiger partial charge on any atom is 0.261 e. The smallest absolute Gasteiger partial charge is 0.261 e. The van der Waals surface area contributed by atoms with Gasteiger partial charge in [0.05, 0.1) is 22.3 Å². The Hall–Kier alpha value is -3.28. The topological polar surface area (TPSA) is 91.0 Å². The van der Waals surface area contributed by atoms with Crippen LogP contribution in [0.15, 0.2) is 41.5 Å². The normalized spacial score (nSPS) is 14.2. The zero-order valence-electron chi connectivity index (χ0n) is 18.1. The summed E-state index contributed by atoms with van der Waals surface area (Å²) in [6.07, 6.45) is 2.96. The number of halogens is 2. The second kappa shape index (κ2) is 9.69. The molecule has 1 amide bonds. The quantitative estimate of drug-likeness (QED) is 0.622. The molecule has 0 spiro atoms. The summed E-state index contributed by atoms with van der Waals surface area (Å²) in [5.74, 6) is -0.648. The van der Waals surface area contributed by atoms with Crippen molar-refractivity contribution in [3.63, 3.8) is 0 Å². The summed E-state index contributed by atoms with van der Waals surface area (Å²) >= 11 is 6.07. The minimum absolute atomic E-state index is 0.0157. The molecule has 1 saturated heterocycles. The predicted octanol–water partition coefficient (Wildman–Crippen LogP) is 3.19. The fourth-order valence-electron chi connectivity index (χ4n) is 4.13. The van der Waals surface area contributed by atoms with Crippen LogP contribution in [0.5, 0.6) is 0 Å². The first-order chi connectivity index (χ1) is 15.9. The van der Waals surface area contributed by atoms with Gasteiger partial charge in [0.2, 0.25) is 5.91 Å². The molecule has 2 heterocycles. The number of piperidine rings is 1. The molecule has 9 heteroatoms. The molecule has 1 aliphatic rings. The molecule has 0 saturated carbocycles. The number of aromatic nitrogens is 2. The number of amides is 1. The van der Waals surface area contributed by atoms with Crippen LogP contribution in [0.2, 0.25) is 5.02 Å². The molecule has 33 heavy (non-hydrogen) atoms. The van der Waals surface area contributed by atoms with E-state index in [9.17, 15) is 14.0 Å². The number of fused-ring (bicyclic) bond motifs is 1. The highest BCUT2D eigenvalue weighted by molar-refractivity contribution is 6.31. The number of carbonyl (C=O) groups excluding carboxylic acids is 1. The van der Waals surface area contributed by atoms with E-state index >= 15 is 0 Å². The minimum atomic E-state index is -0.522. The number of nitriles is 1. The van der Waals surface area contributed by atoms with E-state index < -0.39 is 11.4 Å². The zero-order valence-corrected chi connectivity index (χ0v) is 18.9. The van der Waals surface area contributed by atoms with Gasteiger partial charge in [-0.1, -0.05) is 17.7 Å². The Morgan fingerprint density at radius 3 is 2.79 bits per heavy atom. The van der Waals surface area contributed by atoms with E-state index in [4.69, 9.17) is 16.9 Å². The summed E-state index contributed by atoms with van der Waals surface area (Å²) in [7, 11) is 1.61. The van der Waals surface area contributed by atoms with Crippen LogP contribution in [0.4, 0.5) is 4.39 Å². The van der Waals surface area contributed by atoms with Crippen LogP contribution >= 0.6 is 11.6 Å². The van der Waals surface area contributed by atoms with E-state index in [1.807, 2.05) is 6.07 Å². The third-order valence-electron chi connectivity index (χ3n) is 6.02. The van der Waals surface area contributed by atoms with Crippen LogP contribution in [0, 0.1) is 17.1 Å². The number of likely N-dealkylation sites (N-methyl/N-ethyl adjacent to an activating group) is 1. The Bertz CT molecular complexity index is 1310. The van der Waals surface area contributed by atoms with Gasteiger partial charge in [0.25, 0.3) is 5.56 Å². The Morgan fingerprint density at radius 2 is 2.09 bits per heavy atom. The Labute approximate surface area is 195 Å². The fraction of sp³-hybridized carbons (Fsp3) is 0.333. The molecule has 2 aromatic carbocycles. The van der Waals surface area contributed by atoms with Gasteiger partial charge in [-0.05, 0) is 67.2 Å². The molecule has 1 aliphatic heterocycles. The molecule has 0 bridgehead atoms. The first-order valence-electron chi connectivity index (χ1n) is 10.7. The van der Waals surface area contributed by atoms with Crippen LogP contribution in [0.1, 0.15) is 35.4 Å². The fourth-order valence-corrected chi connectivity index (χ4v) is 4.37. The number of hydrogen-bond acceptors (Lipinski definition) is 5. The van der Waals surface area contributed by atoms with Gasteiger partial charge in [-0.2, -0.15) is 5.26 Å². The molecular formula is C24H23ClFN5O2. The SMILES string of the molecule is CN(Cc1ccc(C#N)c(Cl)c1)C(=O)Cn1cnc2c(F)cc(C3CCNCC3)cc2c1=O. The molecule has 0 atom stereocenters. The van der Waals surface area contributed by atoms with Gasteiger partial charge in [-0.3, -0.25) is 14.2 Å². The molecule has 4 rings (SSSR count). The average molecular weight is 468 g/mol. The molecule has 7 nitrogen and oxygen atoms in total. The maximum atomic E-state index is 14.7. The Morgan fingerprint density at radius 1 is 1.33 bits per heavy atom. The first-order valence-corrected chi connectivity index (χ1v) is 11.1. The van der Waals surface area contributed by atoms with Crippen LogP contribution in [-0.2, 0) is 17.9 Å². The van der Waals surface area contributed by atoms with Crippen molar-refractivity contribution >= 4 is 28.4 Å². The lowest BCUT2D eigenvalue weighted by molar-refractivity contribution is -0.131.